The first kappa shape index (κ1) is 24.1. The second kappa shape index (κ2) is 10.9. The fraction of sp³-hybridized carbons (Fsp3) is 0.667. The van der Waals surface area contributed by atoms with Crippen molar-refractivity contribution in [3.05, 3.63) is 23.3 Å². The molecular formula is C15H31N3O5P2. The van der Waals surface area contributed by atoms with Gasteiger partial charge in [-0.15, -0.1) is 0 Å². The summed E-state index contributed by atoms with van der Waals surface area (Å²) < 4.78 is 24.1. The normalized spacial score (nSPS) is 18.0. The van der Waals surface area contributed by atoms with E-state index in [-0.39, 0.29) is 5.96 Å². The molecule has 25 heavy (non-hydrogen) atoms. The van der Waals surface area contributed by atoms with Crippen LogP contribution in [0.4, 0.5) is 0 Å². The lowest BCUT2D eigenvalue weighted by Gasteiger charge is -2.19. The van der Waals surface area contributed by atoms with Gasteiger partial charge >= 0.3 is 5.96 Å². The van der Waals surface area contributed by atoms with Crippen LogP contribution in [0.3, 0.4) is 0 Å². The maximum Gasteiger partial charge on any atom is 0.343 e. The number of nitrogens with two attached hydrogens (primary N) is 1. The van der Waals surface area contributed by atoms with Gasteiger partial charge in [-0.2, -0.15) is 0 Å². The topological polar surface area (TPSA) is 139 Å². The molecule has 0 amide bonds. The summed E-state index contributed by atoms with van der Waals surface area (Å²) in [5, 5.41) is 2.54. The SMILES string of the molecule is CC(C)=CCC/C(C)=C/CC[N+](C)=C(N)NCP(=O)(O)CP(=O)([O-])O. The van der Waals surface area contributed by atoms with Gasteiger partial charge in [0.1, 0.15) is 13.9 Å². The van der Waals surface area contributed by atoms with E-state index in [2.05, 4.69) is 38.2 Å². The molecule has 0 aromatic carbocycles. The Bertz CT molecular complexity index is 619. The third kappa shape index (κ3) is 14.0. The number of allylic oxidation sites excluding steroid dienone is 3. The number of hydrogen-bond donors (Lipinski definition) is 4. The van der Waals surface area contributed by atoms with Crippen molar-refractivity contribution in [1.29, 1.82) is 0 Å². The molecule has 0 aromatic rings. The highest BCUT2D eigenvalue weighted by Crippen LogP contribution is 2.51. The summed E-state index contributed by atoms with van der Waals surface area (Å²) in [6.45, 7) is 6.82. The second-order valence-electron chi connectivity index (χ2n) is 6.43. The molecule has 0 aliphatic rings. The van der Waals surface area contributed by atoms with Crippen LogP contribution in [0.15, 0.2) is 23.3 Å². The third-order valence-corrected chi connectivity index (χ3v) is 7.22. The Balaban J connectivity index is 4.43. The molecule has 0 spiro atoms. The first-order valence-corrected chi connectivity index (χ1v) is 11.8. The van der Waals surface area contributed by atoms with Crippen LogP contribution in [0.2, 0.25) is 0 Å². The first-order chi connectivity index (χ1) is 11.3. The van der Waals surface area contributed by atoms with Gasteiger partial charge in [-0.3, -0.25) is 20.2 Å². The van der Waals surface area contributed by atoms with E-state index in [9.17, 15) is 18.9 Å². The second-order valence-corrected chi connectivity index (χ2v) is 10.8. The summed E-state index contributed by atoms with van der Waals surface area (Å²) in [5.74, 6) is -0.999. The molecule has 0 fully saturated rings. The highest BCUT2D eigenvalue weighted by Gasteiger charge is 2.26. The molecule has 8 nitrogen and oxygen atoms in total. The Morgan fingerprint density at radius 2 is 1.80 bits per heavy atom. The quantitative estimate of drug-likeness (QED) is 0.144. The van der Waals surface area contributed by atoms with Gasteiger partial charge in [0.2, 0.25) is 7.37 Å². The van der Waals surface area contributed by atoms with Gasteiger partial charge in [0.05, 0.1) is 19.5 Å². The van der Waals surface area contributed by atoms with E-state index in [0.29, 0.717) is 6.54 Å². The van der Waals surface area contributed by atoms with Crippen LogP contribution in [0.5, 0.6) is 0 Å². The van der Waals surface area contributed by atoms with Crippen LogP contribution >= 0.6 is 15.0 Å². The fourth-order valence-corrected chi connectivity index (χ4v) is 5.03. The van der Waals surface area contributed by atoms with Crippen molar-refractivity contribution in [1.82, 2.24) is 5.32 Å². The Morgan fingerprint density at radius 1 is 1.20 bits per heavy atom. The number of rotatable bonds is 10. The van der Waals surface area contributed by atoms with E-state index in [1.54, 1.807) is 11.6 Å². The molecule has 0 saturated heterocycles. The van der Waals surface area contributed by atoms with Gasteiger partial charge in [-0.05, 0) is 40.0 Å². The minimum Gasteiger partial charge on any atom is -0.778 e. The zero-order valence-electron chi connectivity index (χ0n) is 15.4. The van der Waals surface area contributed by atoms with E-state index in [1.807, 2.05) is 0 Å². The van der Waals surface area contributed by atoms with E-state index in [1.165, 1.54) is 11.1 Å². The van der Waals surface area contributed by atoms with Crippen molar-refractivity contribution in [2.45, 2.75) is 40.0 Å². The van der Waals surface area contributed by atoms with Crippen LogP contribution in [0.25, 0.3) is 0 Å². The molecule has 0 rings (SSSR count). The minimum atomic E-state index is -4.79. The molecule has 0 aromatic heterocycles. The molecule has 10 heteroatoms. The predicted octanol–water partition coefficient (Wildman–Crippen LogP) is 1.35. The van der Waals surface area contributed by atoms with Gasteiger partial charge in [0, 0.05) is 0 Å². The summed E-state index contributed by atoms with van der Waals surface area (Å²) in [6.07, 6.45) is 6.57. The standard InChI is InChI=1S/C15H31N3O5P2/c1-13(2)7-5-8-14(3)9-6-10-18(4)15(16)17-11-24(19,20)12-25(21,22)23/h7,9H,5-6,8,10-12H2,1-4H3,(H5,16,17,19,20,21,22,23)/b14-9+. The van der Waals surface area contributed by atoms with Crippen molar-refractivity contribution in [2.24, 2.45) is 5.73 Å². The highest BCUT2D eigenvalue weighted by molar-refractivity contribution is 7.72. The Labute approximate surface area is 150 Å². The molecule has 0 aliphatic heterocycles. The first-order valence-electron chi connectivity index (χ1n) is 8.02. The lowest BCUT2D eigenvalue weighted by molar-refractivity contribution is -0.499. The summed E-state index contributed by atoms with van der Waals surface area (Å²) in [7, 11) is -7.12. The van der Waals surface area contributed by atoms with E-state index in [0.717, 1.165) is 19.3 Å². The average Bonchev–Trinajstić information content (AvgIpc) is 2.41. The smallest absolute Gasteiger partial charge is 0.343 e. The number of hydrogen-bond acceptors (Lipinski definition) is 3. The number of nitrogens with zero attached hydrogens (tertiary/aromatic N) is 1. The third-order valence-electron chi connectivity index (χ3n) is 3.37. The van der Waals surface area contributed by atoms with E-state index < -0.39 is 27.2 Å². The van der Waals surface area contributed by atoms with Crippen molar-refractivity contribution in [3.8, 4) is 0 Å². The maximum atomic E-state index is 11.7. The van der Waals surface area contributed by atoms with E-state index in [4.69, 9.17) is 10.6 Å². The lowest BCUT2D eigenvalue weighted by atomic mass is 10.1. The monoisotopic (exact) mass is 395 g/mol. The molecule has 2 unspecified atom stereocenters. The number of guanidine groups is 1. The molecule has 0 bridgehead atoms. The zero-order valence-corrected chi connectivity index (χ0v) is 17.2. The Morgan fingerprint density at radius 3 is 2.32 bits per heavy atom. The van der Waals surface area contributed by atoms with Crippen LogP contribution in [-0.2, 0) is 9.13 Å². The van der Waals surface area contributed by atoms with Gasteiger partial charge in [-0.25, -0.2) is 0 Å². The molecular weight excluding hydrogens is 364 g/mol. The Hall–Kier alpha value is -0.910. The largest absolute Gasteiger partial charge is 0.778 e. The highest BCUT2D eigenvalue weighted by atomic mass is 31.2. The zero-order chi connectivity index (χ0) is 19.7. The van der Waals surface area contributed by atoms with Gasteiger partial charge < -0.3 is 19.2 Å². The van der Waals surface area contributed by atoms with Gasteiger partial charge in [-0.1, -0.05) is 23.3 Å². The summed E-state index contributed by atoms with van der Waals surface area (Å²) >= 11 is 0. The molecule has 0 aliphatic carbocycles. The summed E-state index contributed by atoms with van der Waals surface area (Å²) in [4.78, 5) is 28.9. The summed E-state index contributed by atoms with van der Waals surface area (Å²) in [5.41, 5.74) is 8.37. The molecule has 146 valence electrons. The van der Waals surface area contributed by atoms with Crippen LogP contribution < -0.4 is 15.9 Å². The van der Waals surface area contributed by atoms with Crippen molar-refractivity contribution < 1.29 is 28.4 Å². The predicted molar refractivity (Wildman–Crippen MR) is 99.8 cm³/mol. The van der Waals surface area contributed by atoms with Crippen molar-refractivity contribution in [3.63, 3.8) is 0 Å². The Kier molecular flexibility index (Phi) is 10.5. The van der Waals surface area contributed by atoms with Gasteiger partial charge in [0.25, 0.3) is 0 Å². The molecule has 0 heterocycles. The van der Waals surface area contributed by atoms with Crippen molar-refractivity contribution >= 4 is 20.9 Å². The van der Waals surface area contributed by atoms with Crippen LogP contribution in [0, 0.1) is 0 Å². The molecule has 2 atom stereocenters. The minimum absolute atomic E-state index is 0.170. The van der Waals surface area contributed by atoms with Crippen LogP contribution in [-0.4, -0.2) is 46.1 Å². The number of nitrogens with one attached hydrogen (secondary N) is 1. The van der Waals surface area contributed by atoms with Gasteiger partial charge in [0.15, 0.2) is 0 Å². The maximum absolute atomic E-state index is 11.7. The molecule has 0 saturated carbocycles. The fourth-order valence-electron chi connectivity index (χ4n) is 1.98. The van der Waals surface area contributed by atoms with Crippen molar-refractivity contribution in [2.75, 3.05) is 25.8 Å². The molecule has 5 N–H and O–H groups in total. The van der Waals surface area contributed by atoms with E-state index >= 15 is 0 Å². The molecule has 0 radical (unpaired) electrons. The van der Waals surface area contributed by atoms with Crippen LogP contribution in [0.1, 0.15) is 40.0 Å². The summed E-state index contributed by atoms with van der Waals surface area (Å²) in [6, 6.07) is 0. The lowest BCUT2D eigenvalue weighted by Crippen LogP contribution is -2.40. The average molecular weight is 395 g/mol.